The molecular weight excluding hydrogens is 274 g/mol. The van der Waals surface area contributed by atoms with Gasteiger partial charge in [-0.2, -0.15) is 0 Å². The van der Waals surface area contributed by atoms with Gasteiger partial charge in [-0.05, 0) is 13.0 Å². The van der Waals surface area contributed by atoms with E-state index in [1.165, 1.54) is 29.5 Å². The maximum Gasteiger partial charge on any atom is 0.271 e. The molecule has 0 aliphatic heterocycles. The number of nitro benzene ring substituents is 1. The van der Waals surface area contributed by atoms with Crippen LogP contribution in [0.1, 0.15) is 18.7 Å². The lowest BCUT2D eigenvalue weighted by atomic mass is 10.2. The highest BCUT2D eigenvalue weighted by Gasteiger charge is 2.13. The number of nitrogens with zero attached hydrogens (tertiary/aromatic N) is 2. The summed E-state index contributed by atoms with van der Waals surface area (Å²) in [5.74, 6) is 0. The van der Waals surface area contributed by atoms with E-state index >= 15 is 0 Å². The van der Waals surface area contributed by atoms with Gasteiger partial charge in [0, 0.05) is 17.5 Å². The first-order valence-electron chi connectivity index (χ1n) is 5.16. The summed E-state index contributed by atoms with van der Waals surface area (Å²) in [6.45, 7) is 1.92. The molecule has 94 valence electrons. The van der Waals surface area contributed by atoms with E-state index in [4.69, 9.17) is 11.6 Å². The highest BCUT2D eigenvalue weighted by Crippen LogP contribution is 2.29. The third-order valence-corrected chi connectivity index (χ3v) is 3.36. The average molecular weight is 284 g/mol. The molecule has 0 fully saturated rings. The highest BCUT2D eigenvalue weighted by atomic mass is 35.5. The molecule has 18 heavy (non-hydrogen) atoms. The molecule has 2 aromatic rings. The van der Waals surface area contributed by atoms with Crippen LogP contribution in [0.4, 0.5) is 11.4 Å². The summed E-state index contributed by atoms with van der Waals surface area (Å²) in [6, 6.07) is 4.25. The minimum Gasteiger partial charge on any atom is -0.376 e. The first-order chi connectivity index (χ1) is 8.58. The summed E-state index contributed by atoms with van der Waals surface area (Å²) in [6.07, 6.45) is 0. The molecular formula is C11H10ClN3O2S. The number of hydrogen-bond donors (Lipinski definition) is 1. The first-order valence-corrected chi connectivity index (χ1v) is 6.48. The van der Waals surface area contributed by atoms with Gasteiger partial charge in [0.2, 0.25) is 0 Å². The van der Waals surface area contributed by atoms with E-state index in [0.29, 0.717) is 10.7 Å². The van der Waals surface area contributed by atoms with Crippen molar-refractivity contribution in [2.24, 2.45) is 0 Å². The van der Waals surface area contributed by atoms with Gasteiger partial charge >= 0.3 is 0 Å². The fourth-order valence-electron chi connectivity index (χ4n) is 1.48. The van der Waals surface area contributed by atoms with Crippen molar-refractivity contribution >= 4 is 34.3 Å². The van der Waals surface area contributed by atoms with Crippen molar-refractivity contribution in [2.75, 3.05) is 5.32 Å². The predicted molar refractivity (Wildman–Crippen MR) is 72.3 cm³/mol. The fraction of sp³-hybridized carbons (Fsp3) is 0.182. The number of nitrogens with one attached hydrogen (secondary N) is 1. The molecule has 5 nitrogen and oxygen atoms in total. The Morgan fingerprint density at radius 3 is 2.94 bits per heavy atom. The number of non-ortho nitro benzene ring substituents is 1. The van der Waals surface area contributed by atoms with Crippen molar-refractivity contribution in [2.45, 2.75) is 13.0 Å². The molecule has 0 amide bonds. The first kappa shape index (κ1) is 12.8. The Balaban J connectivity index is 2.23. The van der Waals surface area contributed by atoms with Gasteiger partial charge in [0.15, 0.2) is 0 Å². The molecule has 0 saturated carbocycles. The van der Waals surface area contributed by atoms with Crippen LogP contribution < -0.4 is 5.32 Å². The number of thiazole rings is 1. The van der Waals surface area contributed by atoms with E-state index in [2.05, 4.69) is 10.3 Å². The van der Waals surface area contributed by atoms with Gasteiger partial charge in [0.05, 0.1) is 32.9 Å². The Kier molecular flexibility index (Phi) is 3.78. The molecule has 1 N–H and O–H groups in total. The minimum atomic E-state index is -0.449. The summed E-state index contributed by atoms with van der Waals surface area (Å²) >= 11 is 7.50. The number of benzene rings is 1. The molecule has 1 heterocycles. The molecule has 0 bridgehead atoms. The maximum atomic E-state index is 10.7. The Morgan fingerprint density at radius 2 is 2.33 bits per heavy atom. The molecule has 0 spiro atoms. The summed E-state index contributed by atoms with van der Waals surface area (Å²) in [5.41, 5.74) is 3.16. The van der Waals surface area contributed by atoms with Gasteiger partial charge in [-0.15, -0.1) is 11.3 Å². The summed E-state index contributed by atoms with van der Waals surface area (Å²) in [7, 11) is 0. The van der Waals surface area contributed by atoms with Crippen LogP contribution in [0.25, 0.3) is 0 Å². The van der Waals surface area contributed by atoms with Crippen LogP contribution >= 0.6 is 22.9 Å². The van der Waals surface area contributed by atoms with Crippen LogP contribution in [0.5, 0.6) is 0 Å². The lowest BCUT2D eigenvalue weighted by Gasteiger charge is -2.14. The Bertz CT molecular complexity index is 559. The summed E-state index contributed by atoms with van der Waals surface area (Å²) in [4.78, 5) is 14.4. The van der Waals surface area contributed by atoms with Crippen molar-refractivity contribution in [3.8, 4) is 0 Å². The average Bonchev–Trinajstić information content (AvgIpc) is 2.85. The van der Waals surface area contributed by atoms with Gasteiger partial charge in [-0.1, -0.05) is 11.6 Å². The van der Waals surface area contributed by atoms with Crippen LogP contribution in [0, 0.1) is 10.1 Å². The zero-order valence-corrected chi connectivity index (χ0v) is 11.0. The second-order valence-electron chi connectivity index (χ2n) is 3.70. The number of halogens is 1. The van der Waals surface area contributed by atoms with Crippen LogP contribution in [-0.2, 0) is 0 Å². The molecule has 0 saturated heterocycles. The van der Waals surface area contributed by atoms with Crippen LogP contribution in [0.2, 0.25) is 5.02 Å². The van der Waals surface area contributed by atoms with E-state index < -0.39 is 4.92 Å². The van der Waals surface area contributed by atoms with Crippen molar-refractivity contribution in [3.63, 3.8) is 0 Å². The zero-order valence-electron chi connectivity index (χ0n) is 9.46. The molecule has 1 unspecified atom stereocenters. The minimum absolute atomic E-state index is 0.00683. The molecule has 1 atom stereocenters. The second-order valence-corrected chi connectivity index (χ2v) is 4.83. The zero-order chi connectivity index (χ0) is 13.1. The van der Waals surface area contributed by atoms with E-state index in [0.717, 1.165) is 5.69 Å². The van der Waals surface area contributed by atoms with Crippen LogP contribution in [0.15, 0.2) is 29.1 Å². The smallest absolute Gasteiger partial charge is 0.271 e. The largest absolute Gasteiger partial charge is 0.376 e. The molecule has 0 aliphatic carbocycles. The lowest BCUT2D eigenvalue weighted by Crippen LogP contribution is -2.07. The quantitative estimate of drug-likeness (QED) is 0.683. The van der Waals surface area contributed by atoms with Crippen molar-refractivity contribution in [1.82, 2.24) is 4.98 Å². The normalized spacial score (nSPS) is 12.1. The third kappa shape index (κ3) is 2.77. The van der Waals surface area contributed by atoms with Gasteiger partial charge in [0.25, 0.3) is 5.69 Å². The third-order valence-electron chi connectivity index (χ3n) is 2.43. The highest BCUT2D eigenvalue weighted by molar-refractivity contribution is 7.07. The Morgan fingerprint density at radius 1 is 1.56 bits per heavy atom. The van der Waals surface area contributed by atoms with Gasteiger partial charge in [-0.3, -0.25) is 10.1 Å². The molecule has 1 aromatic carbocycles. The Hall–Kier alpha value is -1.66. The number of anilines is 1. The Labute approximate surface area is 113 Å². The van der Waals surface area contributed by atoms with E-state index in [1.54, 1.807) is 5.51 Å². The van der Waals surface area contributed by atoms with E-state index in [-0.39, 0.29) is 11.7 Å². The molecule has 7 heteroatoms. The predicted octanol–water partition coefficient (Wildman–Crippen LogP) is 3.88. The van der Waals surface area contributed by atoms with E-state index in [1.807, 2.05) is 12.3 Å². The molecule has 0 radical (unpaired) electrons. The standard InChI is InChI=1S/C11H10ClN3O2S/c1-7(11-5-18-6-13-11)14-10-4-8(15(16)17)2-3-9(10)12/h2-7,14H,1H3. The summed E-state index contributed by atoms with van der Waals surface area (Å²) < 4.78 is 0. The second kappa shape index (κ2) is 5.32. The fourth-order valence-corrected chi connectivity index (χ4v) is 2.30. The molecule has 1 aromatic heterocycles. The molecule has 2 rings (SSSR count). The monoisotopic (exact) mass is 283 g/mol. The van der Waals surface area contributed by atoms with Crippen molar-refractivity contribution in [3.05, 3.63) is 49.9 Å². The van der Waals surface area contributed by atoms with E-state index in [9.17, 15) is 10.1 Å². The number of rotatable bonds is 4. The number of aromatic nitrogens is 1. The number of hydrogen-bond acceptors (Lipinski definition) is 5. The van der Waals surface area contributed by atoms with Gasteiger partial charge in [0.1, 0.15) is 0 Å². The van der Waals surface area contributed by atoms with Gasteiger partial charge < -0.3 is 5.32 Å². The van der Waals surface area contributed by atoms with Crippen LogP contribution in [-0.4, -0.2) is 9.91 Å². The van der Waals surface area contributed by atoms with Crippen molar-refractivity contribution < 1.29 is 4.92 Å². The number of nitro groups is 1. The molecule has 0 aliphatic rings. The summed E-state index contributed by atoms with van der Waals surface area (Å²) in [5, 5.41) is 16.2. The topological polar surface area (TPSA) is 68.1 Å². The van der Waals surface area contributed by atoms with Gasteiger partial charge in [-0.25, -0.2) is 4.98 Å². The van der Waals surface area contributed by atoms with Crippen LogP contribution in [0.3, 0.4) is 0 Å². The van der Waals surface area contributed by atoms with Crippen molar-refractivity contribution in [1.29, 1.82) is 0 Å². The maximum absolute atomic E-state index is 10.7. The SMILES string of the molecule is CC(Nc1cc([N+](=O)[O-])ccc1Cl)c1cscn1. The lowest BCUT2D eigenvalue weighted by molar-refractivity contribution is -0.384.